The number of rotatable bonds is 6. The first-order chi connectivity index (χ1) is 11.6. The summed E-state index contributed by atoms with van der Waals surface area (Å²) in [5.41, 5.74) is 1.25. The molecule has 140 valence electrons. The average molecular weight is 368 g/mol. The zero-order valence-electron chi connectivity index (χ0n) is 15.5. The molecule has 7 heteroatoms. The van der Waals surface area contributed by atoms with Gasteiger partial charge < -0.3 is 9.64 Å². The summed E-state index contributed by atoms with van der Waals surface area (Å²) >= 11 is 0. The van der Waals surface area contributed by atoms with E-state index in [1.807, 2.05) is 38.1 Å². The first-order valence-corrected chi connectivity index (χ1v) is 10.3. The van der Waals surface area contributed by atoms with Gasteiger partial charge in [0.2, 0.25) is 0 Å². The molecule has 0 aliphatic carbocycles. The zero-order chi connectivity index (χ0) is 18.7. The molecule has 0 bridgehead atoms. The summed E-state index contributed by atoms with van der Waals surface area (Å²) in [6.07, 6.45) is 0. The van der Waals surface area contributed by atoms with Gasteiger partial charge in [-0.15, -0.1) is 0 Å². The summed E-state index contributed by atoms with van der Waals surface area (Å²) < 4.78 is 28.3. The van der Waals surface area contributed by atoms with E-state index >= 15 is 0 Å². The molecule has 6 nitrogen and oxygen atoms in total. The second-order valence-corrected chi connectivity index (χ2v) is 9.54. The maximum absolute atomic E-state index is 12.8. The summed E-state index contributed by atoms with van der Waals surface area (Å²) in [6.45, 7) is 6.13. The Morgan fingerprint density at radius 2 is 1.92 bits per heavy atom. The molecule has 1 aromatic carbocycles. The fourth-order valence-corrected chi connectivity index (χ4v) is 4.16. The number of likely N-dealkylation sites (N-methyl/N-ethyl adjacent to an activating group) is 1. The Morgan fingerprint density at radius 1 is 1.28 bits per heavy atom. The second kappa shape index (κ2) is 7.85. The normalized spacial score (nSPS) is 18.1. The molecular weight excluding hydrogens is 340 g/mol. The Labute approximate surface area is 150 Å². The van der Waals surface area contributed by atoms with Crippen molar-refractivity contribution in [2.24, 2.45) is 0 Å². The highest BCUT2D eigenvalue weighted by Gasteiger charge is 2.28. The number of nitrogens with zero attached hydrogens (tertiary/aromatic N) is 2. The highest BCUT2D eigenvalue weighted by molar-refractivity contribution is 7.91. The van der Waals surface area contributed by atoms with E-state index < -0.39 is 15.4 Å². The Balaban J connectivity index is 2.07. The van der Waals surface area contributed by atoms with Gasteiger partial charge in [0.1, 0.15) is 0 Å². The smallest absolute Gasteiger partial charge is 0.254 e. The largest absolute Gasteiger partial charge is 0.382 e. The Kier molecular flexibility index (Phi) is 6.24. The monoisotopic (exact) mass is 368 g/mol. The SMILES string of the molecule is COCC(C)(C)N(C)C(=O)c1cccc(CN2CCS(=O)(=O)CC2)c1. The molecule has 1 aliphatic rings. The molecular formula is C18H28N2O4S. The van der Waals surface area contributed by atoms with Gasteiger partial charge in [0.15, 0.2) is 9.84 Å². The maximum Gasteiger partial charge on any atom is 0.254 e. The maximum atomic E-state index is 12.8. The first kappa shape index (κ1) is 19.9. The topological polar surface area (TPSA) is 66.9 Å². The van der Waals surface area contributed by atoms with Crippen LogP contribution in [0.1, 0.15) is 29.8 Å². The number of carbonyl (C=O) groups excluding carboxylic acids is 1. The number of ether oxygens (including phenoxy) is 1. The lowest BCUT2D eigenvalue weighted by Crippen LogP contribution is -2.48. The summed E-state index contributed by atoms with van der Waals surface area (Å²) in [5, 5.41) is 0. The third-order valence-electron chi connectivity index (χ3n) is 4.73. The first-order valence-electron chi connectivity index (χ1n) is 8.43. The minimum atomic E-state index is -2.88. The van der Waals surface area contributed by atoms with Crippen LogP contribution in [0.4, 0.5) is 0 Å². The van der Waals surface area contributed by atoms with Gasteiger partial charge in [0, 0.05) is 39.4 Å². The lowest BCUT2D eigenvalue weighted by atomic mass is 10.0. The molecule has 0 radical (unpaired) electrons. The van der Waals surface area contributed by atoms with Gasteiger partial charge >= 0.3 is 0 Å². The lowest BCUT2D eigenvalue weighted by Gasteiger charge is -2.35. The quantitative estimate of drug-likeness (QED) is 0.760. The molecule has 25 heavy (non-hydrogen) atoms. The van der Waals surface area contributed by atoms with Crippen molar-refractivity contribution in [2.45, 2.75) is 25.9 Å². The van der Waals surface area contributed by atoms with E-state index in [1.54, 1.807) is 19.1 Å². The summed E-state index contributed by atoms with van der Waals surface area (Å²) in [5.74, 6) is 0.365. The summed E-state index contributed by atoms with van der Waals surface area (Å²) in [7, 11) is 0.529. The number of sulfone groups is 1. The molecule has 0 aromatic heterocycles. The second-order valence-electron chi connectivity index (χ2n) is 7.24. The fraction of sp³-hybridized carbons (Fsp3) is 0.611. The van der Waals surface area contributed by atoms with Crippen molar-refractivity contribution < 1.29 is 17.9 Å². The van der Waals surface area contributed by atoms with Crippen molar-refractivity contribution in [2.75, 3.05) is 45.4 Å². The van der Waals surface area contributed by atoms with Crippen LogP contribution in [0.15, 0.2) is 24.3 Å². The molecule has 1 fully saturated rings. The van der Waals surface area contributed by atoms with Crippen LogP contribution >= 0.6 is 0 Å². The van der Waals surface area contributed by atoms with Crippen molar-refractivity contribution in [1.29, 1.82) is 0 Å². The van der Waals surface area contributed by atoms with Crippen LogP contribution in [-0.2, 0) is 21.1 Å². The Hall–Kier alpha value is -1.44. The molecule has 0 spiro atoms. The van der Waals surface area contributed by atoms with Crippen molar-refractivity contribution in [3.63, 3.8) is 0 Å². The van der Waals surface area contributed by atoms with Crippen molar-refractivity contribution in [1.82, 2.24) is 9.80 Å². The van der Waals surface area contributed by atoms with Crippen LogP contribution in [0.5, 0.6) is 0 Å². The lowest BCUT2D eigenvalue weighted by molar-refractivity contribution is 0.0366. The van der Waals surface area contributed by atoms with Crippen LogP contribution in [-0.4, -0.2) is 75.0 Å². The molecule has 1 saturated heterocycles. The number of hydrogen-bond acceptors (Lipinski definition) is 5. The third kappa shape index (κ3) is 5.26. The third-order valence-corrected chi connectivity index (χ3v) is 6.34. The summed E-state index contributed by atoms with van der Waals surface area (Å²) in [4.78, 5) is 16.6. The van der Waals surface area contributed by atoms with Gasteiger partial charge in [-0.05, 0) is 31.5 Å². The van der Waals surface area contributed by atoms with Crippen molar-refractivity contribution in [3.05, 3.63) is 35.4 Å². The van der Waals surface area contributed by atoms with Gasteiger partial charge in [0.05, 0.1) is 23.7 Å². The number of carbonyl (C=O) groups is 1. The minimum Gasteiger partial charge on any atom is -0.382 e. The van der Waals surface area contributed by atoms with E-state index in [-0.39, 0.29) is 17.4 Å². The zero-order valence-corrected chi connectivity index (χ0v) is 16.3. The minimum absolute atomic E-state index is 0.0508. The van der Waals surface area contributed by atoms with Gasteiger partial charge in [-0.3, -0.25) is 9.69 Å². The predicted octanol–water partition coefficient (Wildman–Crippen LogP) is 1.41. The van der Waals surface area contributed by atoms with Crippen LogP contribution < -0.4 is 0 Å². The Bertz CT molecular complexity index is 702. The predicted molar refractivity (Wildman–Crippen MR) is 98.4 cm³/mol. The van der Waals surface area contributed by atoms with E-state index in [2.05, 4.69) is 4.90 Å². The van der Waals surface area contributed by atoms with E-state index in [9.17, 15) is 13.2 Å². The van der Waals surface area contributed by atoms with Crippen molar-refractivity contribution >= 4 is 15.7 Å². The molecule has 1 heterocycles. The standard InChI is InChI=1S/C18H28N2O4S/c1-18(2,14-24-4)19(3)17(21)16-7-5-6-15(12-16)13-20-8-10-25(22,23)11-9-20/h5-7,12H,8-11,13-14H2,1-4H3. The molecule has 0 saturated carbocycles. The number of hydrogen-bond donors (Lipinski definition) is 0. The number of methoxy groups -OCH3 is 1. The van der Waals surface area contributed by atoms with Crippen LogP contribution in [0.3, 0.4) is 0 Å². The van der Waals surface area contributed by atoms with E-state index in [1.165, 1.54) is 0 Å². The van der Waals surface area contributed by atoms with Gasteiger partial charge in [-0.1, -0.05) is 12.1 Å². The van der Waals surface area contributed by atoms with E-state index in [0.29, 0.717) is 31.8 Å². The molecule has 1 aliphatic heterocycles. The van der Waals surface area contributed by atoms with E-state index in [4.69, 9.17) is 4.74 Å². The molecule has 0 atom stereocenters. The fourth-order valence-electron chi connectivity index (χ4n) is 2.89. The highest BCUT2D eigenvalue weighted by Crippen LogP contribution is 2.18. The molecule has 0 N–H and O–H groups in total. The van der Waals surface area contributed by atoms with Crippen LogP contribution in [0, 0.1) is 0 Å². The molecule has 1 amide bonds. The van der Waals surface area contributed by atoms with Crippen LogP contribution in [0.25, 0.3) is 0 Å². The average Bonchev–Trinajstić information content (AvgIpc) is 2.55. The summed E-state index contributed by atoms with van der Waals surface area (Å²) in [6, 6.07) is 7.55. The number of amides is 1. The highest BCUT2D eigenvalue weighted by atomic mass is 32.2. The van der Waals surface area contributed by atoms with Gasteiger partial charge in [-0.2, -0.15) is 0 Å². The number of benzene rings is 1. The molecule has 1 aromatic rings. The van der Waals surface area contributed by atoms with E-state index in [0.717, 1.165) is 5.56 Å². The molecule has 2 rings (SSSR count). The van der Waals surface area contributed by atoms with Gasteiger partial charge in [0.25, 0.3) is 5.91 Å². The van der Waals surface area contributed by atoms with Gasteiger partial charge in [-0.25, -0.2) is 8.42 Å². The van der Waals surface area contributed by atoms with Crippen LogP contribution in [0.2, 0.25) is 0 Å². The Morgan fingerprint density at radius 3 is 2.52 bits per heavy atom. The molecule has 0 unspecified atom stereocenters. The van der Waals surface area contributed by atoms with Crippen molar-refractivity contribution in [3.8, 4) is 0 Å².